The summed E-state index contributed by atoms with van der Waals surface area (Å²) in [6.45, 7) is 0. The zero-order valence-electron chi connectivity index (χ0n) is 7.69. The minimum Gasteiger partial charge on any atom is -0.370 e. The van der Waals surface area contributed by atoms with Gasteiger partial charge < -0.3 is 11.1 Å². The van der Waals surface area contributed by atoms with Crippen LogP contribution in [-0.4, -0.2) is 10.9 Å². The van der Waals surface area contributed by atoms with E-state index in [1.54, 1.807) is 0 Å². The summed E-state index contributed by atoms with van der Waals surface area (Å²) in [5.41, 5.74) is 5.94. The fourth-order valence-electron chi connectivity index (χ4n) is 0.982. The van der Waals surface area contributed by atoms with Gasteiger partial charge in [0.05, 0.1) is 4.99 Å². The summed E-state index contributed by atoms with van der Waals surface area (Å²) < 4.78 is 0. The molecule has 0 saturated carbocycles. The van der Waals surface area contributed by atoms with Gasteiger partial charge in [0.25, 0.3) is 0 Å². The number of primary amides is 1. The first kappa shape index (κ1) is 10.7. The number of anilines is 1. The van der Waals surface area contributed by atoms with Gasteiger partial charge in [-0.1, -0.05) is 30.4 Å². The predicted molar refractivity (Wildman–Crippen MR) is 61.1 cm³/mol. The third-order valence-corrected chi connectivity index (χ3v) is 1.96. The third kappa shape index (κ3) is 4.00. The molecule has 1 rings (SSSR count). The average Bonchev–Trinajstić information content (AvgIpc) is 2.16. The SMILES string of the molecule is NC(=O)CCC(=S)Nc1ccccc1. The molecule has 0 aliphatic rings. The van der Waals surface area contributed by atoms with Crippen LogP contribution in [-0.2, 0) is 4.79 Å². The number of carbonyl (C=O) groups is 1. The highest BCUT2D eigenvalue weighted by molar-refractivity contribution is 7.80. The molecule has 3 nitrogen and oxygen atoms in total. The highest BCUT2D eigenvalue weighted by Gasteiger charge is 2.00. The van der Waals surface area contributed by atoms with Crippen molar-refractivity contribution in [3.8, 4) is 0 Å². The van der Waals surface area contributed by atoms with Crippen LogP contribution in [0.1, 0.15) is 12.8 Å². The Kier molecular flexibility index (Phi) is 4.07. The molecule has 0 unspecified atom stereocenters. The second kappa shape index (κ2) is 5.34. The van der Waals surface area contributed by atoms with Crippen molar-refractivity contribution in [2.75, 3.05) is 5.32 Å². The highest BCUT2D eigenvalue weighted by Crippen LogP contribution is 2.06. The number of hydrogen-bond donors (Lipinski definition) is 2. The standard InChI is InChI=1S/C10H12N2OS/c11-9(13)6-7-10(14)12-8-4-2-1-3-5-8/h1-5H,6-7H2,(H2,11,13)(H,12,14). The van der Waals surface area contributed by atoms with Gasteiger partial charge in [-0.15, -0.1) is 0 Å². The van der Waals surface area contributed by atoms with Gasteiger partial charge in [-0.3, -0.25) is 4.79 Å². The van der Waals surface area contributed by atoms with Gasteiger partial charge in [-0.2, -0.15) is 0 Å². The van der Waals surface area contributed by atoms with E-state index in [-0.39, 0.29) is 5.91 Å². The Bertz CT molecular complexity index is 324. The second-order valence-corrected chi connectivity index (χ2v) is 3.37. The predicted octanol–water partition coefficient (Wildman–Crippen LogP) is 1.69. The maximum atomic E-state index is 10.5. The molecule has 0 spiro atoms. The number of hydrogen-bond acceptors (Lipinski definition) is 2. The first-order chi connectivity index (χ1) is 6.68. The molecule has 0 heterocycles. The van der Waals surface area contributed by atoms with Crippen molar-refractivity contribution >= 4 is 28.8 Å². The van der Waals surface area contributed by atoms with Gasteiger partial charge in [0.1, 0.15) is 0 Å². The van der Waals surface area contributed by atoms with Gasteiger partial charge in [-0.25, -0.2) is 0 Å². The van der Waals surface area contributed by atoms with Crippen LogP contribution >= 0.6 is 12.2 Å². The summed E-state index contributed by atoms with van der Waals surface area (Å²) >= 11 is 5.04. The number of carbonyl (C=O) groups excluding carboxylic acids is 1. The van der Waals surface area contributed by atoms with Crippen molar-refractivity contribution in [3.05, 3.63) is 30.3 Å². The minimum atomic E-state index is -0.331. The van der Waals surface area contributed by atoms with E-state index in [9.17, 15) is 4.79 Å². The molecule has 3 N–H and O–H groups in total. The molecule has 74 valence electrons. The van der Waals surface area contributed by atoms with E-state index >= 15 is 0 Å². The summed E-state index contributed by atoms with van der Waals surface area (Å²) in [7, 11) is 0. The maximum absolute atomic E-state index is 10.5. The van der Waals surface area contributed by atoms with Crippen LogP contribution in [0, 0.1) is 0 Å². The lowest BCUT2D eigenvalue weighted by Gasteiger charge is -2.05. The van der Waals surface area contributed by atoms with Crippen molar-refractivity contribution in [2.45, 2.75) is 12.8 Å². The van der Waals surface area contributed by atoms with Crippen LogP contribution in [0.5, 0.6) is 0 Å². The van der Waals surface area contributed by atoms with Crippen molar-refractivity contribution in [1.29, 1.82) is 0 Å². The number of amides is 1. The molecule has 0 atom stereocenters. The van der Waals surface area contributed by atoms with Gasteiger partial charge >= 0.3 is 0 Å². The molecule has 14 heavy (non-hydrogen) atoms. The molecule has 4 heteroatoms. The number of benzene rings is 1. The Balaban J connectivity index is 2.38. The Morgan fingerprint density at radius 3 is 2.50 bits per heavy atom. The number of rotatable bonds is 4. The largest absolute Gasteiger partial charge is 0.370 e. The number of para-hydroxylation sites is 1. The Morgan fingerprint density at radius 2 is 1.93 bits per heavy atom. The number of thiocarbonyl (C=S) groups is 1. The fraction of sp³-hybridized carbons (Fsp3) is 0.200. The smallest absolute Gasteiger partial charge is 0.217 e. The normalized spacial score (nSPS) is 9.43. The molecule has 0 fully saturated rings. The lowest BCUT2D eigenvalue weighted by Crippen LogP contribution is -2.15. The van der Waals surface area contributed by atoms with Gasteiger partial charge in [0, 0.05) is 18.5 Å². The first-order valence-corrected chi connectivity index (χ1v) is 4.72. The first-order valence-electron chi connectivity index (χ1n) is 4.31. The third-order valence-electron chi connectivity index (χ3n) is 1.66. The molecule has 0 bridgehead atoms. The van der Waals surface area contributed by atoms with Crippen molar-refractivity contribution < 1.29 is 4.79 Å². The minimum absolute atomic E-state index is 0.290. The molecule has 0 radical (unpaired) electrons. The molecule has 0 aliphatic carbocycles. The lowest BCUT2D eigenvalue weighted by molar-refractivity contribution is -0.117. The van der Waals surface area contributed by atoms with Gasteiger partial charge in [-0.05, 0) is 12.1 Å². The molecule has 0 saturated heterocycles. The highest BCUT2D eigenvalue weighted by atomic mass is 32.1. The summed E-state index contributed by atoms with van der Waals surface area (Å²) in [6.07, 6.45) is 0.790. The lowest BCUT2D eigenvalue weighted by atomic mass is 10.2. The monoisotopic (exact) mass is 208 g/mol. The van der Waals surface area contributed by atoms with E-state index in [1.165, 1.54) is 0 Å². The Labute approximate surface area is 88.3 Å². The van der Waals surface area contributed by atoms with Crippen LogP contribution in [0.4, 0.5) is 5.69 Å². The molecule has 0 aromatic heterocycles. The summed E-state index contributed by atoms with van der Waals surface area (Å²) in [5.74, 6) is -0.331. The van der Waals surface area contributed by atoms with E-state index in [1.807, 2.05) is 30.3 Å². The van der Waals surface area contributed by atoms with Crippen molar-refractivity contribution in [1.82, 2.24) is 0 Å². The molecular weight excluding hydrogens is 196 g/mol. The van der Waals surface area contributed by atoms with Crippen LogP contribution in [0.25, 0.3) is 0 Å². The zero-order valence-corrected chi connectivity index (χ0v) is 8.51. The van der Waals surface area contributed by atoms with Crippen LogP contribution < -0.4 is 11.1 Å². The van der Waals surface area contributed by atoms with Crippen LogP contribution in [0.2, 0.25) is 0 Å². The molecule has 1 amide bonds. The van der Waals surface area contributed by atoms with E-state index < -0.39 is 0 Å². The summed E-state index contributed by atoms with van der Waals surface area (Å²) in [6, 6.07) is 9.59. The number of nitrogens with one attached hydrogen (secondary N) is 1. The summed E-state index contributed by atoms with van der Waals surface area (Å²) in [5, 5.41) is 3.02. The zero-order chi connectivity index (χ0) is 10.4. The van der Waals surface area contributed by atoms with Gasteiger partial charge in [0.2, 0.25) is 5.91 Å². The molecule has 1 aromatic rings. The fourth-order valence-corrected chi connectivity index (χ4v) is 1.20. The average molecular weight is 208 g/mol. The van der Waals surface area contributed by atoms with Crippen LogP contribution in [0.3, 0.4) is 0 Å². The van der Waals surface area contributed by atoms with E-state index in [2.05, 4.69) is 5.32 Å². The molecule has 0 aliphatic heterocycles. The second-order valence-electron chi connectivity index (χ2n) is 2.88. The topological polar surface area (TPSA) is 55.1 Å². The maximum Gasteiger partial charge on any atom is 0.217 e. The number of nitrogens with two attached hydrogens (primary N) is 1. The summed E-state index contributed by atoms with van der Waals surface area (Å²) in [4.78, 5) is 11.1. The molecular formula is C10H12N2OS. The van der Waals surface area contributed by atoms with Crippen molar-refractivity contribution in [3.63, 3.8) is 0 Å². The van der Waals surface area contributed by atoms with Crippen LogP contribution in [0.15, 0.2) is 30.3 Å². The Hall–Kier alpha value is -1.42. The van der Waals surface area contributed by atoms with Crippen molar-refractivity contribution in [2.24, 2.45) is 5.73 Å². The van der Waals surface area contributed by atoms with E-state index in [4.69, 9.17) is 18.0 Å². The quantitative estimate of drug-likeness (QED) is 0.740. The van der Waals surface area contributed by atoms with E-state index in [0.29, 0.717) is 17.8 Å². The Morgan fingerprint density at radius 1 is 1.29 bits per heavy atom. The molecule has 1 aromatic carbocycles. The van der Waals surface area contributed by atoms with E-state index in [0.717, 1.165) is 5.69 Å². The van der Waals surface area contributed by atoms with Gasteiger partial charge in [0.15, 0.2) is 0 Å².